The molecule has 0 amide bonds. The maximum absolute atomic E-state index is 9.65. The fourth-order valence-electron chi connectivity index (χ4n) is 3.77. The Hall–Kier alpha value is -2.02. The summed E-state index contributed by atoms with van der Waals surface area (Å²) in [5, 5.41) is 10.3. The van der Waals surface area contributed by atoms with Crippen LogP contribution in [0.1, 0.15) is 44.4 Å². The summed E-state index contributed by atoms with van der Waals surface area (Å²) in [6.45, 7) is 9.62. The van der Waals surface area contributed by atoms with E-state index in [-0.39, 0.29) is 5.54 Å². The molecule has 1 heterocycles. The van der Waals surface area contributed by atoms with Crippen LogP contribution in [0.15, 0.2) is 46.9 Å². The first-order valence-electron chi connectivity index (χ1n) is 8.95. The number of fused-ring (bicyclic) bond motifs is 1. The zero-order valence-corrected chi connectivity index (χ0v) is 18.3. The summed E-state index contributed by atoms with van der Waals surface area (Å²) in [7, 11) is 0. The van der Waals surface area contributed by atoms with Crippen molar-refractivity contribution in [2.45, 2.75) is 33.2 Å². The molecule has 0 atom stereocenters. The Bertz CT molecular complexity index is 979. The van der Waals surface area contributed by atoms with Crippen molar-refractivity contribution in [1.29, 1.82) is 5.26 Å². The second-order valence-electron chi connectivity index (χ2n) is 7.29. The molecule has 0 saturated carbocycles. The van der Waals surface area contributed by atoms with Crippen molar-refractivity contribution in [2.75, 3.05) is 11.4 Å². The van der Waals surface area contributed by atoms with Crippen LogP contribution in [0.5, 0.6) is 0 Å². The third-order valence-electron chi connectivity index (χ3n) is 4.99. The molecular weight excluding hydrogens is 420 g/mol. The van der Waals surface area contributed by atoms with Crippen LogP contribution >= 0.6 is 27.5 Å². The van der Waals surface area contributed by atoms with Gasteiger partial charge in [0.1, 0.15) is 0 Å². The molecule has 27 heavy (non-hydrogen) atoms. The highest BCUT2D eigenvalue weighted by Gasteiger charge is 2.30. The minimum Gasteiger partial charge on any atom is -0.363 e. The van der Waals surface area contributed by atoms with Gasteiger partial charge in [-0.05, 0) is 74.7 Å². The van der Waals surface area contributed by atoms with Crippen LogP contribution in [-0.2, 0) is 0 Å². The lowest BCUT2D eigenvalue weighted by atomic mass is 9.87. The molecule has 3 rings (SSSR count). The van der Waals surface area contributed by atoms with Crippen molar-refractivity contribution in [2.24, 2.45) is 0 Å². The van der Waals surface area contributed by atoms with E-state index in [9.17, 15) is 5.26 Å². The van der Waals surface area contributed by atoms with Gasteiger partial charge in [0.25, 0.3) is 0 Å². The number of hydrogen-bond acceptors (Lipinski definition) is 2. The number of rotatable bonds is 3. The summed E-state index contributed by atoms with van der Waals surface area (Å²) in [6, 6.07) is 14.1. The van der Waals surface area contributed by atoms with Crippen molar-refractivity contribution in [3.8, 4) is 6.07 Å². The van der Waals surface area contributed by atoms with E-state index in [1.165, 1.54) is 11.1 Å². The molecule has 4 heteroatoms. The SMILES string of the molecule is CCN1c2cc(Cl)c(/C=C(\C#N)c3ccc(Br)cc3)cc2C(C)=CC1(C)C. The van der Waals surface area contributed by atoms with Gasteiger partial charge in [0.2, 0.25) is 0 Å². The zero-order valence-electron chi connectivity index (χ0n) is 16.0. The lowest BCUT2D eigenvalue weighted by molar-refractivity contribution is 0.566. The predicted molar refractivity (Wildman–Crippen MR) is 120 cm³/mol. The number of nitriles is 1. The molecular formula is C23H22BrClN2. The first kappa shape index (κ1) is 19.7. The number of benzene rings is 2. The van der Waals surface area contributed by atoms with Gasteiger partial charge >= 0.3 is 0 Å². The number of hydrogen-bond donors (Lipinski definition) is 0. The predicted octanol–water partition coefficient (Wildman–Crippen LogP) is 7.19. The summed E-state index contributed by atoms with van der Waals surface area (Å²) in [4.78, 5) is 2.36. The molecule has 2 aromatic carbocycles. The first-order valence-corrected chi connectivity index (χ1v) is 10.1. The van der Waals surface area contributed by atoms with Crippen molar-refractivity contribution in [3.05, 3.63) is 68.7 Å². The molecule has 0 aromatic heterocycles. The van der Waals surface area contributed by atoms with Gasteiger partial charge in [0.15, 0.2) is 0 Å². The quantitative estimate of drug-likeness (QED) is 0.372. The standard InChI is InChI=1S/C23H22BrClN2/c1-5-27-22-12-21(25)17(11-20(22)15(2)13-23(27,3)4)10-18(14-26)16-6-8-19(24)9-7-16/h6-13H,5H2,1-4H3/b18-10+. The van der Waals surface area contributed by atoms with Crippen molar-refractivity contribution < 1.29 is 0 Å². The van der Waals surface area contributed by atoms with Crippen LogP contribution in [-0.4, -0.2) is 12.1 Å². The highest BCUT2D eigenvalue weighted by Crippen LogP contribution is 2.41. The Morgan fingerprint density at radius 2 is 1.93 bits per heavy atom. The molecule has 1 aliphatic heterocycles. The third kappa shape index (κ3) is 3.83. The monoisotopic (exact) mass is 440 g/mol. The molecule has 1 aliphatic rings. The topological polar surface area (TPSA) is 27.0 Å². The average Bonchev–Trinajstić information content (AvgIpc) is 2.61. The van der Waals surface area contributed by atoms with Gasteiger partial charge in [-0.3, -0.25) is 0 Å². The minimum atomic E-state index is -0.0538. The van der Waals surface area contributed by atoms with Crippen LogP contribution in [0.4, 0.5) is 5.69 Å². The Balaban J connectivity index is 2.13. The summed E-state index contributed by atoms with van der Waals surface area (Å²) < 4.78 is 0.985. The smallest absolute Gasteiger partial charge is 0.0998 e. The normalized spacial score (nSPS) is 15.8. The molecule has 0 fully saturated rings. The van der Waals surface area contributed by atoms with Gasteiger partial charge in [-0.2, -0.15) is 5.26 Å². The Morgan fingerprint density at radius 1 is 1.26 bits per heavy atom. The van der Waals surface area contributed by atoms with Gasteiger partial charge in [0.05, 0.1) is 17.2 Å². The zero-order chi connectivity index (χ0) is 19.8. The van der Waals surface area contributed by atoms with Gasteiger partial charge in [-0.1, -0.05) is 45.7 Å². The van der Waals surface area contributed by atoms with Gasteiger partial charge < -0.3 is 4.90 Å². The highest BCUT2D eigenvalue weighted by molar-refractivity contribution is 9.10. The second kappa shape index (κ2) is 7.54. The molecule has 2 aromatic rings. The third-order valence-corrected chi connectivity index (χ3v) is 5.84. The lowest BCUT2D eigenvalue weighted by Crippen LogP contribution is -2.44. The van der Waals surface area contributed by atoms with Crippen LogP contribution in [0.2, 0.25) is 5.02 Å². The van der Waals surface area contributed by atoms with Gasteiger partial charge in [0, 0.05) is 27.3 Å². The summed E-state index contributed by atoms with van der Waals surface area (Å²) in [6.07, 6.45) is 4.16. The molecule has 0 spiro atoms. The molecule has 2 nitrogen and oxygen atoms in total. The molecule has 0 unspecified atom stereocenters. The highest BCUT2D eigenvalue weighted by atomic mass is 79.9. The molecule has 0 saturated heterocycles. The van der Waals surface area contributed by atoms with E-state index < -0.39 is 0 Å². The lowest BCUT2D eigenvalue weighted by Gasteiger charge is -2.43. The number of allylic oxidation sites excluding steroid dienone is 2. The van der Waals surface area contributed by atoms with E-state index in [0.717, 1.165) is 27.8 Å². The molecule has 138 valence electrons. The van der Waals surface area contributed by atoms with Crippen LogP contribution in [0.3, 0.4) is 0 Å². The van der Waals surface area contributed by atoms with E-state index in [4.69, 9.17) is 11.6 Å². The largest absolute Gasteiger partial charge is 0.363 e. The average molecular weight is 442 g/mol. The molecule has 0 aliphatic carbocycles. The maximum atomic E-state index is 9.65. The minimum absolute atomic E-state index is 0.0538. The molecule has 0 N–H and O–H groups in total. The van der Waals surface area contributed by atoms with Crippen LogP contribution in [0, 0.1) is 11.3 Å². The second-order valence-corrected chi connectivity index (χ2v) is 8.62. The number of likely N-dealkylation sites (N-methyl/N-ethyl adjacent to an activating group) is 1. The van der Waals surface area contributed by atoms with Gasteiger partial charge in [-0.15, -0.1) is 0 Å². The van der Waals surface area contributed by atoms with E-state index >= 15 is 0 Å². The van der Waals surface area contributed by atoms with Crippen molar-refractivity contribution in [3.63, 3.8) is 0 Å². The van der Waals surface area contributed by atoms with E-state index in [0.29, 0.717) is 10.6 Å². The summed E-state index contributed by atoms with van der Waals surface area (Å²) in [5.74, 6) is 0. The molecule has 0 radical (unpaired) electrons. The van der Waals surface area contributed by atoms with E-state index in [1.54, 1.807) is 0 Å². The van der Waals surface area contributed by atoms with Crippen molar-refractivity contribution >= 4 is 50.4 Å². The first-order chi connectivity index (χ1) is 12.8. The molecule has 0 bridgehead atoms. The summed E-state index contributed by atoms with van der Waals surface area (Å²) >= 11 is 10.1. The fraction of sp³-hybridized carbons (Fsp3) is 0.261. The number of anilines is 1. The summed E-state index contributed by atoms with van der Waals surface area (Å²) in [5.41, 5.74) is 5.81. The van der Waals surface area contributed by atoms with Gasteiger partial charge in [-0.25, -0.2) is 0 Å². The Labute approximate surface area is 174 Å². The van der Waals surface area contributed by atoms with E-state index in [1.807, 2.05) is 36.4 Å². The van der Waals surface area contributed by atoms with Crippen LogP contribution < -0.4 is 4.90 Å². The fourth-order valence-corrected chi connectivity index (χ4v) is 4.24. The van der Waals surface area contributed by atoms with Crippen LogP contribution in [0.25, 0.3) is 17.2 Å². The Morgan fingerprint density at radius 3 is 2.52 bits per heavy atom. The number of halogens is 2. The Kier molecular flexibility index (Phi) is 5.51. The number of nitrogens with zero attached hydrogens (tertiary/aromatic N) is 2. The van der Waals surface area contributed by atoms with E-state index in [2.05, 4.69) is 66.7 Å². The van der Waals surface area contributed by atoms with Crippen molar-refractivity contribution in [1.82, 2.24) is 0 Å². The maximum Gasteiger partial charge on any atom is 0.0998 e.